The van der Waals surface area contributed by atoms with E-state index in [1.54, 1.807) is 7.11 Å². The topological polar surface area (TPSA) is 113 Å². The quantitative estimate of drug-likeness (QED) is 0.566. The van der Waals surface area contributed by atoms with E-state index in [0.717, 1.165) is 25.7 Å². The lowest BCUT2D eigenvalue weighted by atomic mass is 9.51. The number of nitrogens with one attached hydrogen (secondary N) is 2. The maximum Gasteiger partial charge on any atom is 0.254 e. The lowest BCUT2D eigenvalue weighted by Crippen LogP contribution is -2.58. The Balaban J connectivity index is 1.70. The van der Waals surface area contributed by atoms with Crippen molar-refractivity contribution < 1.29 is 19.4 Å². The summed E-state index contributed by atoms with van der Waals surface area (Å²) in [5.41, 5.74) is 0.449. The van der Waals surface area contributed by atoms with Gasteiger partial charge in [0.05, 0.1) is 18.3 Å². The standard InChI is InChI=1S/C23H36N4O4/c1-14(21(29)26-9-10-31-4)17-5-7-23(3)8-6-18(15(2)19(23)20(17)28)27-22(30)16-11-24-13-25-12-16/h11-15,17-20,28H,5-10H2,1-4H3,(H,26,29)(H,27,30)/t14-,15+,17?,18-,19+,20-,23-/m0/s1. The second kappa shape index (κ2) is 10.0. The van der Waals surface area contributed by atoms with Crippen molar-refractivity contribution in [3.05, 3.63) is 24.3 Å². The van der Waals surface area contributed by atoms with Gasteiger partial charge in [-0.2, -0.15) is 0 Å². The van der Waals surface area contributed by atoms with Gasteiger partial charge in [-0.1, -0.05) is 20.8 Å². The van der Waals surface area contributed by atoms with Crippen LogP contribution in [0.4, 0.5) is 0 Å². The molecule has 1 aromatic rings. The molecule has 8 nitrogen and oxygen atoms in total. The van der Waals surface area contributed by atoms with Crippen LogP contribution < -0.4 is 10.6 Å². The van der Waals surface area contributed by atoms with Crippen LogP contribution in [0.15, 0.2) is 18.7 Å². The molecule has 1 heterocycles. The van der Waals surface area contributed by atoms with E-state index in [-0.39, 0.29) is 46.9 Å². The van der Waals surface area contributed by atoms with Gasteiger partial charge in [0.1, 0.15) is 6.33 Å². The number of carbonyl (C=O) groups is 2. The van der Waals surface area contributed by atoms with Crippen molar-refractivity contribution in [1.82, 2.24) is 20.6 Å². The number of aromatic nitrogens is 2. The SMILES string of the molecule is COCCNC(=O)[C@@H](C)C1CC[C@@]2(C)CC[C@H](NC(=O)c3cncnc3)[C@@H](C)[C@@H]2[C@H]1O. The predicted octanol–water partition coefficient (Wildman–Crippen LogP) is 1.80. The number of fused-ring (bicyclic) bond motifs is 1. The highest BCUT2D eigenvalue weighted by molar-refractivity contribution is 5.93. The van der Waals surface area contributed by atoms with Crippen LogP contribution in [0.1, 0.15) is 56.8 Å². The van der Waals surface area contributed by atoms with Crippen molar-refractivity contribution >= 4 is 11.8 Å². The first kappa shape index (κ1) is 23.6. The molecule has 0 saturated heterocycles. The Kier molecular flexibility index (Phi) is 7.64. The van der Waals surface area contributed by atoms with E-state index in [0.29, 0.717) is 18.7 Å². The van der Waals surface area contributed by atoms with Gasteiger partial charge in [-0.3, -0.25) is 9.59 Å². The van der Waals surface area contributed by atoms with Crippen molar-refractivity contribution in [2.24, 2.45) is 29.1 Å². The fourth-order valence-corrected chi connectivity index (χ4v) is 5.80. The number of ether oxygens (including phenoxy) is 1. The molecule has 2 saturated carbocycles. The van der Waals surface area contributed by atoms with Crippen LogP contribution in [-0.2, 0) is 9.53 Å². The van der Waals surface area contributed by atoms with E-state index in [9.17, 15) is 14.7 Å². The third kappa shape index (κ3) is 5.06. The highest BCUT2D eigenvalue weighted by Crippen LogP contribution is 2.55. The molecule has 0 radical (unpaired) electrons. The summed E-state index contributed by atoms with van der Waals surface area (Å²) in [6.45, 7) is 7.21. The minimum atomic E-state index is -0.586. The molecule has 31 heavy (non-hydrogen) atoms. The number of rotatable bonds is 7. The molecule has 3 rings (SSSR count). The predicted molar refractivity (Wildman–Crippen MR) is 116 cm³/mol. The molecule has 3 N–H and O–H groups in total. The van der Waals surface area contributed by atoms with Crippen LogP contribution in [0.5, 0.6) is 0 Å². The molecule has 2 aliphatic carbocycles. The van der Waals surface area contributed by atoms with Gasteiger partial charge in [0.25, 0.3) is 5.91 Å². The van der Waals surface area contributed by atoms with Crippen LogP contribution in [0.25, 0.3) is 0 Å². The van der Waals surface area contributed by atoms with Crippen molar-refractivity contribution in [3.8, 4) is 0 Å². The zero-order valence-electron chi connectivity index (χ0n) is 19.0. The molecule has 0 aliphatic heterocycles. The summed E-state index contributed by atoms with van der Waals surface area (Å²) in [5, 5.41) is 17.5. The molecule has 7 atom stereocenters. The Labute approximate surface area is 184 Å². The lowest BCUT2D eigenvalue weighted by Gasteiger charge is -2.56. The summed E-state index contributed by atoms with van der Waals surface area (Å²) in [5.74, 6) is -0.489. The van der Waals surface area contributed by atoms with Gasteiger partial charge in [-0.15, -0.1) is 0 Å². The zero-order chi connectivity index (χ0) is 22.6. The van der Waals surface area contributed by atoms with Crippen LogP contribution in [0.2, 0.25) is 0 Å². The number of carbonyl (C=O) groups excluding carboxylic acids is 2. The van der Waals surface area contributed by atoms with Gasteiger partial charge in [-0.25, -0.2) is 9.97 Å². The van der Waals surface area contributed by atoms with Gasteiger partial charge < -0.3 is 20.5 Å². The Morgan fingerprint density at radius 3 is 2.65 bits per heavy atom. The molecule has 0 spiro atoms. The van der Waals surface area contributed by atoms with E-state index >= 15 is 0 Å². The Morgan fingerprint density at radius 2 is 1.97 bits per heavy atom. The molecule has 2 aliphatic rings. The summed E-state index contributed by atoms with van der Waals surface area (Å²) in [4.78, 5) is 33.1. The van der Waals surface area contributed by atoms with Gasteiger partial charge in [0, 0.05) is 38.0 Å². The third-order valence-electron chi connectivity index (χ3n) is 7.69. The normalized spacial score (nSPS) is 33.8. The zero-order valence-corrected chi connectivity index (χ0v) is 19.0. The van der Waals surface area contributed by atoms with Crippen LogP contribution in [-0.4, -0.2) is 59.3 Å². The molecule has 2 amide bonds. The monoisotopic (exact) mass is 432 g/mol. The van der Waals surface area contributed by atoms with Gasteiger partial charge in [-0.05, 0) is 48.9 Å². The Bertz CT molecular complexity index is 761. The number of aliphatic hydroxyl groups excluding tert-OH is 1. The smallest absolute Gasteiger partial charge is 0.254 e. The first-order valence-corrected chi connectivity index (χ1v) is 11.3. The van der Waals surface area contributed by atoms with E-state index in [1.165, 1.54) is 18.7 Å². The van der Waals surface area contributed by atoms with Crippen molar-refractivity contribution in [3.63, 3.8) is 0 Å². The first-order chi connectivity index (χ1) is 14.8. The molecule has 0 bridgehead atoms. The molecule has 0 aromatic carbocycles. The van der Waals surface area contributed by atoms with Crippen molar-refractivity contribution in [2.75, 3.05) is 20.3 Å². The average molecular weight is 433 g/mol. The highest BCUT2D eigenvalue weighted by atomic mass is 16.5. The van der Waals surface area contributed by atoms with E-state index in [2.05, 4.69) is 34.4 Å². The van der Waals surface area contributed by atoms with E-state index in [1.807, 2.05) is 6.92 Å². The maximum absolute atomic E-state index is 12.7. The second-order valence-electron chi connectivity index (χ2n) is 9.55. The second-order valence-corrected chi connectivity index (χ2v) is 9.55. The van der Waals surface area contributed by atoms with Crippen molar-refractivity contribution in [2.45, 2.75) is 58.6 Å². The number of nitrogens with zero attached hydrogens (tertiary/aromatic N) is 2. The van der Waals surface area contributed by atoms with Crippen molar-refractivity contribution in [1.29, 1.82) is 0 Å². The molecule has 1 aromatic heterocycles. The average Bonchev–Trinajstić information content (AvgIpc) is 2.76. The summed E-state index contributed by atoms with van der Waals surface area (Å²) < 4.78 is 5.01. The summed E-state index contributed by atoms with van der Waals surface area (Å²) in [7, 11) is 1.60. The lowest BCUT2D eigenvalue weighted by molar-refractivity contribution is -0.142. The number of hydrogen-bond acceptors (Lipinski definition) is 6. The van der Waals surface area contributed by atoms with E-state index in [4.69, 9.17) is 4.74 Å². The Hall–Kier alpha value is -2.06. The molecular weight excluding hydrogens is 396 g/mol. The number of amides is 2. The van der Waals surface area contributed by atoms with Gasteiger partial charge in [0.15, 0.2) is 0 Å². The number of aliphatic hydroxyl groups is 1. The molecule has 8 heteroatoms. The summed E-state index contributed by atoms with van der Waals surface area (Å²) >= 11 is 0. The van der Waals surface area contributed by atoms with Crippen LogP contribution in [0.3, 0.4) is 0 Å². The minimum Gasteiger partial charge on any atom is -0.392 e. The molecule has 2 fully saturated rings. The Morgan fingerprint density at radius 1 is 1.29 bits per heavy atom. The summed E-state index contributed by atoms with van der Waals surface area (Å²) in [6.07, 6.45) is 7.46. The van der Waals surface area contributed by atoms with Gasteiger partial charge in [0.2, 0.25) is 5.91 Å². The fraction of sp³-hybridized carbons (Fsp3) is 0.739. The van der Waals surface area contributed by atoms with Crippen LogP contribution >= 0.6 is 0 Å². The van der Waals surface area contributed by atoms with E-state index < -0.39 is 6.10 Å². The molecule has 172 valence electrons. The molecule has 1 unspecified atom stereocenters. The highest BCUT2D eigenvalue weighted by Gasteiger charge is 2.53. The first-order valence-electron chi connectivity index (χ1n) is 11.3. The largest absolute Gasteiger partial charge is 0.392 e. The summed E-state index contributed by atoms with van der Waals surface area (Å²) in [6, 6.07) is -0.0370. The number of methoxy groups -OCH3 is 1. The van der Waals surface area contributed by atoms with Gasteiger partial charge >= 0.3 is 0 Å². The van der Waals surface area contributed by atoms with Crippen LogP contribution in [0, 0.1) is 29.1 Å². The third-order valence-corrected chi connectivity index (χ3v) is 7.69. The molecular formula is C23H36N4O4. The fourth-order valence-electron chi connectivity index (χ4n) is 5.80. The minimum absolute atomic E-state index is 0.0126. The number of hydrogen-bond donors (Lipinski definition) is 3. The maximum atomic E-state index is 12.7.